The highest BCUT2D eigenvalue weighted by molar-refractivity contribution is 7.99. The molecule has 0 spiro atoms. The monoisotopic (exact) mass is 244 g/mol. The molecular weight excluding hydrogens is 226 g/mol. The quantitative estimate of drug-likeness (QED) is 0.616. The number of rotatable bonds is 6. The molecule has 1 nitrogen and oxygen atoms in total. The second-order valence-electron chi connectivity index (χ2n) is 3.67. The van der Waals surface area contributed by atoms with Crippen molar-refractivity contribution in [2.45, 2.75) is 11.4 Å². The van der Waals surface area contributed by atoms with Gasteiger partial charge < -0.3 is 5.32 Å². The average molecular weight is 244 g/mol. The molecule has 0 aliphatic heterocycles. The van der Waals surface area contributed by atoms with Gasteiger partial charge in [0, 0.05) is 25.1 Å². The van der Waals surface area contributed by atoms with Gasteiger partial charge in [0.2, 0.25) is 0 Å². The van der Waals surface area contributed by atoms with Crippen molar-refractivity contribution in [3.63, 3.8) is 0 Å². The molecule has 0 bridgehead atoms. The van der Waals surface area contributed by atoms with Gasteiger partial charge in [-0.2, -0.15) is 0 Å². The maximum Gasteiger partial charge on any atom is 0.0479 e. The van der Waals surface area contributed by atoms with E-state index in [2.05, 4.69) is 17.4 Å². The summed E-state index contributed by atoms with van der Waals surface area (Å²) in [5.41, 5.74) is 1.02. The van der Waals surface area contributed by atoms with Crippen LogP contribution in [-0.2, 0) is 6.52 Å². The van der Waals surface area contributed by atoms with Crippen LogP contribution in [0.3, 0.4) is 0 Å². The first-order valence-electron chi connectivity index (χ1n) is 6.32. The Morgan fingerprint density at radius 2 is 1.59 bits per heavy atom. The van der Waals surface area contributed by atoms with Crippen molar-refractivity contribution in [2.24, 2.45) is 0 Å². The van der Waals surface area contributed by atoms with Gasteiger partial charge in [-0.25, -0.2) is 0 Å². The lowest BCUT2D eigenvalue weighted by atomic mass is 10.2. The van der Waals surface area contributed by atoms with Crippen LogP contribution in [0.25, 0.3) is 0 Å². The highest BCUT2D eigenvalue weighted by Gasteiger charge is 1.93. The third-order valence-corrected chi connectivity index (χ3v) is 3.34. The maximum absolute atomic E-state index is 7.98. The first-order chi connectivity index (χ1) is 8.86. The highest BCUT2D eigenvalue weighted by Crippen LogP contribution is 2.15. The molecule has 1 N–H and O–H groups in total. The minimum atomic E-state index is -0.331. The Hall–Kier alpha value is -1.25. The normalized spacial score (nSPS) is 13.1. The second-order valence-corrected chi connectivity index (χ2v) is 4.84. The Morgan fingerprint density at radius 3 is 2.29 bits per heavy atom. The predicted octanol–water partition coefficient (Wildman–Crippen LogP) is 3.57. The molecule has 2 heteroatoms. The molecular formula is C15H17NS. The number of thioether (sulfide) groups is 1. The average Bonchev–Trinajstić information content (AvgIpc) is 2.45. The summed E-state index contributed by atoms with van der Waals surface area (Å²) in [5.74, 6) is 0.978. The van der Waals surface area contributed by atoms with Gasteiger partial charge in [0.15, 0.2) is 0 Å². The van der Waals surface area contributed by atoms with E-state index in [1.165, 1.54) is 4.90 Å². The summed E-state index contributed by atoms with van der Waals surface area (Å²) in [4.78, 5) is 1.28. The van der Waals surface area contributed by atoms with Crippen molar-refractivity contribution in [2.75, 3.05) is 12.3 Å². The fraction of sp³-hybridized carbons (Fsp3) is 0.200. The van der Waals surface area contributed by atoms with E-state index in [9.17, 15) is 0 Å². The summed E-state index contributed by atoms with van der Waals surface area (Å²) in [7, 11) is 0. The van der Waals surface area contributed by atoms with E-state index in [0.29, 0.717) is 0 Å². The van der Waals surface area contributed by atoms with Gasteiger partial charge in [0.25, 0.3) is 0 Å². The van der Waals surface area contributed by atoms with E-state index >= 15 is 0 Å². The zero-order valence-electron chi connectivity index (χ0n) is 10.7. The molecule has 0 heterocycles. The summed E-state index contributed by atoms with van der Waals surface area (Å²) < 4.78 is 7.98. The second kappa shape index (κ2) is 7.15. The Bertz CT molecular complexity index is 447. The Balaban J connectivity index is 1.70. The molecule has 0 saturated carbocycles. The SMILES string of the molecule is [2H]C(NCCSc1ccccc1)c1ccccc1. The summed E-state index contributed by atoms with van der Waals surface area (Å²) >= 11 is 1.81. The number of nitrogens with one attached hydrogen (secondary N) is 1. The Morgan fingerprint density at radius 1 is 0.941 bits per heavy atom. The molecule has 17 heavy (non-hydrogen) atoms. The van der Waals surface area contributed by atoms with Crippen LogP contribution in [0.15, 0.2) is 65.6 Å². The molecule has 2 rings (SSSR count). The van der Waals surface area contributed by atoms with Crippen LogP contribution in [0.4, 0.5) is 0 Å². The maximum atomic E-state index is 7.98. The molecule has 2 aromatic carbocycles. The highest BCUT2D eigenvalue weighted by atomic mass is 32.2. The van der Waals surface area contributed by atoms with Crippen LogP contribution in [-0.4, -0.2) is 12.3 Å². The van der Waals surface area contributed by atoms with Crippen molar-refractivity contribution in [1.29, 1.82) is 0 Å². The molecule has 0 amide bonds. The molecule has 0 radical (unpaired) electrons. The minimum absolute atomic E-state index is 0.331. The van der Waals surface area contributed by atoms with Gasteiger partial charge in [-0.05, 0) is 17.7 Å². The molecule has 0 aliphatic carbocycles. The van der Waals surface area contributed by atoms with E-state index in [1.54, 1.807) is 0 Å². The van der Waals surface area contributed by atoms with E-state index < -0.39 is 0 Å². The molecule has 0 fully saturated rings. The molecule has 0 aromatic heterocycles. The summed E-state index contributed by atoms with van der Waals surface area (Å²) in [6, 6.07) is 20.2. The minimum Gasteiger partial charge on any atom is -0.312 e. The van der Waals surface area contributed by atoms with Gasteiger partial charge >= 0.3 is 0 Å². The smallest absolute Gasteiger partial charge is 0.0479 e. The van der Waals surface area contributed by atoms with Crippen molar-refractivity contribution >= 4 is 11.8 Å². The summed E-state index contributed by atoms with van der Waals surface area (Å²) in [6.07, 6.45) is 0. The van der Waals surface area contributed by atoms with Crippen LogP contribution >= 0.6 is 11.8 Å². The predicted molar refractivity (Wildman–Crippen MR) is 75.3 cm³/mol. The zero-order chi connectivity index (χ0) is 12.6. The zero-order valence-corrected chi connectivity index (χ0v) is 10.5. The van der Waals surface area contributed by atoms with E-state index in [-0.39, 0.29) is 6.52 Å². The van der Waals surface area contributed by atoms with Crippen LogP contribution in [0.2, 0.25) is 0 Å². The van der Waals surface area contributed by atoms with Gasteiger partial charge in [-0.1, -0.05) is 48.5 Å². The largest absolute Gasteiger partial charge is 0.312 e. The lowest BCUT2D eigenvalue weighted by Crippen LogP contribution is -2.16. The van der Waals surface area contributed by atoms with E-state index in [4.69, 9.17) is 1.37 Å². The topological polar surface area (TPSA) is 12.0 Å². The van der Waals surface area contributed by atoms with Crippen LogP contribution in [0, 0.1) is 0 Å². The van der Waals surface area contributed by atoms with Crippen molar-refractivity contribution in [1.82, 2.24) is 5.32 Å². The molecule has 88 valence electrons. The van der Waals surface area contributed by atoms with E-state index in [1.807, 2.05) is 60.3 Å². The molecule has 1 unspecified atom stereocenters. The first-order valence-corrected chi connectivity index (χ1v) is 6.73. The third-order valence-electron chi connectivity index (χ3n) is 2.33. The van der Waals surface area contributed by atoms with Crippen molar-refractivity contribution < 1.29 is 1.37 Å². The fourth-order valence-electron chi connectivity index (χ4n) is 1.48. The number of benzene rings is 2. The van der Waals surface area contributed by atoms with Gasteiger partial charge in [-0.15, -0.1) is 11.8 Å². The Labute approximate surface area is 109 Å². The fourth-order valence-corrected chi connectivity index (χ4v) is 2.29. The lowest BCUT2D eigenvalue weighted by molar-refractivity contribution is 0.732. The Kier molecular flexibility index (Phi) is 4.57. The molecule has 1 atom stereocenters. The summed E-state index contributed by atoms with van der Waals surface area (Å²) in [6.45, 7) is 0.505. The van der Waals surface area contributed by atoms with Gasteiger partial charge in [0.1, 0.15) is 0 Å². The summed E-state index contributed by atoms with van der Waals surface area (Å²) in [5, 5.41) is 3.21. The van der Waals surface area contributed by atoms with Crippen molar-refractivity contribution in [3.8, 4) is 0 Å². The molecule has 0 aliphatic rings. The van der Waals surface area contributed by atoms with Crippen LogP contribution < -0.4 is 5.32 Å². The van der Waals surface area contributed by atoms with Crippen LogP contribution in [0.1, 0.15) is 6.93 Å². The number of hydrogen-bond acceptors (Lipinski definition) is 2. The number of hydrogen-bond donors (Lipinski definition) is 1. The van der Waals surface area contributed by atoms with Gasteiger partial charge in [-0.3, -0.25) is 0 Å². The third kappa shape index (κ3) is 4.63. The first kappa shape index (κ1) is 10.9. The lowest BCUT2D eigenvalue weighted by Gasteiger charge is -2.04. The van der Waals surface area contributed by atoms with Crippen molar-refractivity contribution in [3.05, 3.63) is 66.2 Å². The van der Waals surface area contributed by atoms with Gasteiger partial charge in [0.05, 0.1) is 0 Å². The van der Waals surface area contributed by atoms with Crippen LogP contribution in [0.5, 0.6) is 0 Å². The molecule has 0 saturated heterocycles. The molecule has 2 aromatic rings. The standard InChI is InChI=1S/C15H17NS/c1-3-7-14(8-4-1)13-16-11-12-17-15-9-5-2-6-10-15/h1-10,16H,11-13H2/i13D. The van der Waals surface area contributed by atoms with E-state index in [0.717, 1.165) is 17.9 Å².